The zero-order valence-corrected chi connectivity index (χ0v) is 7.89. The third-order valence-corrected chi connectivity index (χ3v) is 1.84. The van der Waals surface area contributed by atoms with Crippen LogP contribution in [-0.2, 0) is 0 Å². The van der Waals surface area contributed by atoms with E-state index in [2.05, 4.69) is 26.9 Å². The number of hydrogen-bond donors (Lipinski definition) is 0. The third kappa shape index (κ3) is 6.06. The molecule has 0 radical (unpaired) electrons. The molecule has 0 aromatic rings. The highest BCUT2D eigenvalue weighted by Crippen LogP contribution is 1.92. The molecule has 10 heavy (non-hydrogen) atoms. The van der Waals surface area contributed by atoms with Gasteiger partial charge in [0.25, 0.3) is 0 Å². The van der Waals surface area contributed by atoms with Crippen molar-refractivity contribution in [2.24, 2.45) is 0 Å². The summed E-state index contributed by atoms with van der Waals surface area (Å²) in [6.07, 6.45) is 1.79. The molecule has 0 bridgehead atoms. The first-order valence-electron chi connectivity index (χ1n) is 3.42. The second-order valence-electron chi connectivity index (χ2n) is 2.25. The molecule has 0 aliphatic rings. The van der Waals surface area contributed by atoms with E-state index in [-0.39, 0.29) is 0 Å². The molecule has 0 aromatic heterocycles. The van der Waals surface area contributed by atoms with E-state index in [1.807, 2.05) is 7.05 Å². The van der Waals surface area contributed by atoms with Gasteiger partial charge in [0.05, 0.1) is 6.07 Å². The first-order chi connectivity index (χ1) is 4.81. The molecular formula is C7H13BrN2. The minimum absolute atomic E-state index is 0.638. The van der Waals surface area contributed by atoms with E-state index in [0.717, 1.165) is 24.8 Å². The number of rotatable bonds is 5. The van der Waals surface area contributed by atoms with Gasteiger partial charge in [-0.2, -0.15) is 5.26 Å². The molecule has 0 amide bonds. The monoisotopic (exact) mass is 204 g/mol. The highest BCUT2D eigenvalue weighted by Gasteiger charge is 1.94. The maximum atomic E-state index is 8.25. The number of halogens is 1. The maximum Gasteiger partial charge on any atom is 0.0635 e. The van der Waals surface area contributed by atoms with Crippen LogP contribution in [0.5, 0.6) is 0 Å². The Balaban J connectivity index is 3.10. The van der Waals surface area contributed by atoms with E-state index in [4.69, 9.17) is 5.26 Å². The molecule has 0 aromatic carbocycles. The van der Waals surface area contributed by atoms with Gasteiger partial charge in [0.2, 0.25) is 0 Å². The van der Waals surface area contributed by atoms with E-state index in [9.17, 15) is 0 Å². The van der Waals surface area contributed by atoms with Crippen LogP contribution in [0, 0.1) is 11.3 Å². The summed E-state index contributed by atoms with van der Waals surface area (Å²) in [6.45, 7) is 1.97. The Morgan fingerprint density at radius 2 is 2.20 bits per heavy atom. The van der Waals surface area contributed by atoms with E-state index in [1.54, 1.807) is 0 Å². The second-order valence-corrected chi connectivity index (χ2v) is 3.05. The average Bonchev–Trinajstić information content (AvgIpc) is 1.97. The Morgan fingerprint density at radius 3 is 2.70 bits per heavy atom. The van der Waals surface area contributed by atoms with Crippen molar-refractivity contribution in [2.75, 3.05) is 25.5 Å². The molecule has 0 heterocycles. The minimum Gasteiger partial charge on any atom is -0.305 e. The van der Waals surface area contributed by atoms with Crippen LogP contribution < -0.4 is 0 Å². The lowest BCUT2D eigenvalue weighted by Gasteiger charge is -2.12. The van der Waals surface area contributed by atoms with Crippen molar-refractivity contribution >= 4 is 15.9 Å². The Kier molecular flexibility index (Phi) is 6.99. The van der Waals surface area contributed by atoms with Crippen molar-refractivity contribution in [1.82, 2.24) is 4.90 Å². The van der Waals surface area contributed by atoms with E-state index >= 15 is 0 Å². The molecule has 3 heteroatoms. The van der Waals surface area contributed by atoms with Crippen molar-refractivity contribution in [2.45, 2.75) is 12.8 Å². The topological polar surface area (TPSA) is 27.0 Å². The van der Waals surface area contributed by atoms with Crippen LogP contribution in [-0.4, -0.2) is 30.4 Å². The highest BCUT2D eigenvalue weighted by atomic mass is 79.9. The Bertz CT molecular complexity index is 109. The van der Waals surface area contributed by atoms with E-state index < -0.39 is 0 Å². The molecule has 0 spiro atoms. The number of nitrogens with zero attached hydrogens (tertiary/aromatic N) is 2. The fourth-order valence-corrected chi connectivity index (χ4v) is 0.933. The van der Waals surface area contributed by atoms with Crippen LogP contribution in [0.15, 0.2) is 0 Å². The van der Waals surface area contributed by atoms with Crippen LogP contribution >= 0.6 is 15.9 Å². The molecule has 0 unspecified atom stereocenters. The van der Waals surface area contributed by atoms with Crippen molar-refractivity contribution in [3.05, 3.63) is 0 Å². The summed E-state index contributed by atoms with van der Waals surface area (Å²) >= 11 is 3.35. The van der Waals surface area contributed by atoms with Gasteiger partial charge >= 0.3 is 0 Å². The van der Waals surface area contributed by atoms with Gasteiger partial charge in [-0.3, -0.25) is 0 Å². The predicted octanol–water partition coefficient (Wildman–Crippen LogP) is 1.62. The summed E-state index contributed by atoms with van der Waals surface area (Å²) < 4.78 is 0. The van der Waals surface area contributed by atoms with Crippen molar-refractivity contribution in [3.63, 3.8) is 0 Å². The van der Waals surface area contributed by atoms with Crippen molar-refractivity contribution < 1.29 is 0 Å². The SMILES string of the molecule is CN(CCC#N)CCCBr. The standard InChI is InChI=1S/C7H13BrN2/c1-10(6-2-4-8)7-3-5-9/h2-4,6-7H2,1H3. The summed E-state index contributed by atoms with van der Waals surface area (Å²) in [5.74, 6) is 0. The fraction of sp³-hybridized carbons (Fsp3) is 0.857. The fourth-order valence-electron chi connectivity index (χ4n) is 0.682. The van der Waals surface area contributed by atoms with Gasteiger partial charge in [-0.15, -0.1) is 0 Å². The van der Waals surface area contributed by atoms with Gasteiger partial charge in [-0.05, 0) is 20.0 Å². The molecule has 0 N–H and O–H groups in total. The van der Waals surface area contributed by atoms with E-state index in [1.165, 1.54) is 0 Å². The van der Waals surface area contributed by atoms with Crippen LogP contribution in [0.2, 0.25) is 0 Å². The zero-order valence-electron chi connectivity index (χ0n) is 6.31. The lowest BCUT2D eigenvalue weighted by Crippen LogP contribution is -2.20. The first kappa shape index (κ1) is 9.93. The normalized spacial score (nSPS) is 9.80. The number of hydrogen-bond acceptors (Lipinski definition) is 2. The Hall–Kier alpha value is -0.0700. The largest absolute Gasteiger partial charge is 0.305 e. The van der Waals surface area contributed by atoms with Gasteiger partial charge < -0.3 is 4.90 Å². The van der Waals surface area contributed by atoms with Gasteiger partial charge in [-0.25, -0.2) is 0 Å². The summed E-state index contributed by atoms with van der Waals surface area (Å²) in [5.41, 5.74) is 0. The van der Waals surface area contributed by atoms with Gasteiger partial charge in [-0.1, -0.05) is 15.9 Å². The minimum atomic E-state index is 0.638. The van der Waals surface area contributed by atoms with Crippen LogP contribution in [0.3, 0.4) is 0 Å². The molecule has 0 fully saturated rings. The van der Waals surface area contributed by atoms with Crippen molar-refractivity contribution in [1.29, 1.82) is 5.26 Å². The number of nitriles is 1. The van der Waals surface area contributed by atoms with Crippen molar-refractivity contribution in [3.8, 4) is 6.07 Å². The van der Waals surface area contributed by atoms with Gasteiger partial charge in [0.15, 0.2) is 0 Å². The van der Waals surface area contributed by atoms with Gasteiger partial charge in [0, 0.05) is 18.3 Å². The third-order valence-electron chi connectivity index (χ3n) is 1.28. The molecule has 0 atom stereocenters. The molecule has 0 saturated heterocycles. The molecule has 2 nitrogen and oxygen atoms in total. The smallest absolute Gasteiger partial charge is 0.0635 e. The summed E-state index contributed by atoms with van der Waals surface area (Å²) in [4.78, 5) is 2.17. The molecule has 0 aliphatic carbocycles. The highest BCUT2D eigenvalue weighted by molar-refractivity contribution is 9.09. The summed E-state index contributed by atoms with van der Waals surface area (Å²) in [5, 5.41) is 9.30. The molecule has 0 rings (SSSR count). The maximum absolute atomic E-state index is 8.25. The number of alkyl halides is 1. The molecular weight excluding hydrogens is 192 g/mol. The van der Waals surface area contributed by atoms with Crippen LogP contribution in [0.1, 0.15) is 12.8 Å². The average molecular weight is 205 g/mol. The molecule has 0 saturated carbocycles. The van der Waals surface area contributed by atoms with Crippen LogP contribution in [0.25, 0.3) is 0 Å². The lowest BCUT2D eigenvalue weighted by atomic mass is 10.4. The summed E-state index contributed by atoms with van der Waals surface area (Å²) in [6, 6.07) is 2.12. The quantitative estimate of drug-likeness (QED) is 0.637. The van der Waals surface area contributed by atoms with E-state index in [0.29, 0.717) is 6.42 Å². The summed E-state index contributed by atoms with van der Waals surface area (Å²) in [7, 11) is 2.04. The first-order valence-corrected chi connectivity index (χ1v) is 4.55. The molecule has 58 valence electrons. The Labute approximate surface area is 70.9 Å². The predicted molar refractivity (Wildman–Crippen MR) is 46.1 cm³/mol. The molecule has 0 aliphatic heterocycles. The zero-order chi connectivity index (χ0) is 7.82. The van der Waals surface area contributed by atoms with Gasteiger partial charge in [0.1, 0.15) is 0 Å². The lowest BCUT2D eigenvalue weighted by molar-refractivity contribution is 0.344. The second kappa shape index (κ2) is 7.04. The van der Waals surface area contributed by atoms with Crippen LogP contribution in [0.4, 0.5) is 0 Å². The Morgan fingerprint density at radius 1 is 1.50 bits per heavy atom.